The van der Waals surface area contributed by atoms with E-state index in [2.05, 4.69) is 21.8 Å². The summed E-state index contributed by atoms with van der Waals surface area (Å²) in [7, 11) is 1.34. The van der Waals surface area contributed by atoms with E-state index in [-0.39, 0.29) is 12.6 Å². The molecular formula is C9H9N3O3. The van der Waals surface area contributed by atoms with E-state index in [1.807, 2.05) is 0 Å². The third-order valence-electron chi connectivity index (χ3n) is 1.54. The molecule has 0 fully saturated rings. The standard InChI is InChI=1S/C9H9N3O3/c1-12(9(14)15)8-10-5-7(6-11-8)3-2-4-13/h5-6,13H,4H2,1H3,(H,14,15). The number of aliphatic hydroxyl groups excluding tert-OH is 1. The molecule has 0 atom stereocenters. The lowest BCUT2D eigenvalue weighted by Crippen LogP contribution is -2.25. The van der Waals surface area contributed by atoms with E-state index in [1.165, 1.54) is 19.4 Å². The third kappa shape index (κ3) is 2.93. The van der Waals surface area contributed by atoms with E-state index in [0.717, 1.165) is 4.90 Å². The predicted molar refractivity (Wildman–Crippen MR) is 52.4 cm³/mol. The fourth-order valence-corrected chi connectivity index (χ4v) is 0.786. The Labute approximate surface area is 86.2 Å². The fraction of sp³-hybridized carbons (Fsp3) is 0.222. The normalized spacial score (nSPS) is 8.93. The number of aliphatic hydroxyl groups is 1. The smallest absolute Gasteiger partial charge is 0.413 e. The molecule has 0 saturated heterocycles. The average molecular weight is 207 g/mol. The number of hydrogen-bond acceptors (Lipinski definition) is 4. The Kier molecular flexibility index (Phi) is 3.60. The van der Waals surface area contributed by atoms with Gasteiger partial charge in [-0.15, -0.1) is 0 Å². The molecule has 0 aromatic carbocycles. The molecule has 78 valence electrons. The number of hydrogen-bond donors (Lipinski definition) is 2. The zero-order valence-corrected chi connectivity index (χ0v) is 8.01. The lowest BCUT2D eigenvalue weighted by Gasteiger charge is -2.09. The highest BCUT2D eigenvalue weighted by Crippen LogP contribution is 2.04. The first-order valence-corrected chi connectivity index (χ1v) is 4.03. The van der Waals surface area contributed by atoms with Crippen LogP contribution in [0.3, 0.4) is 0 Å². The van der Waals surface area contributed by atoms with Crippen molar-refractivity contribution in [2.24, 2.45) is 0 Å². The summed E-state index contributed by atoms with van der Waals surface area (Å²) < 4.78 is 0. The first-order chi connectivity index (χ1) is 7.15. The quantitative estimate of drug-likeness (QED) is 0.630. The summed E-state index contributed by atoms with van der Waals surface area (Å²) in [6.07, 6.45) is 1.65. The van der Waals surface area contributed by atoms with Crippen LogP contribution in [0, 0.1) is 11.8 Å². The van der Waals surface area contributed by atoms with Gasteiger partial charge < -0.3 is 10.2 Å². The van der Waals surface area contributed by atoms with Gasteiger partial charge in [-0.25, -0.2) is 19.7 Å². The van der Waals surface area contributed by atoms with Crippen molar-refractivity contribution in [1.82, 2.24) is 9.97 Å². The van der Waals surface area contributed by atoms with E-state index in [4.69, 9.17) is 10.2 Å². The molecule has 0 aliphatic rings. The number of carboxylic acid groups (broad SMARTS) is 1. The second-order valence-corrected chi connectivity index (χ2v) is 2.57. The van der Waals surface area contributed by atoms with Crippen LogP contribution in [-0.4, -0.2) is 39.9 Å². The first kappa shape index (κ1) is 10.9. The minimum absolute atomic E-state index is 0.0806. The van der Waals surface area contributed by atoms with Crippen LogP contribution in [0.5, 0.6) is 0 Å². The average Bonchev–Trinajstić information content (AvgIpc) is 2.26. The lowest BCUT2D eigenvalue weighted by atomic mass is 10.3. The van der Waals surface area contributed by atoms with Crippen molar-refractivity contribution < 1.29 is 15.0 Å². The molecule has 0 bridgehead atoms. The molecule has 0 radical (unpaired) electrons. The van der Waals surface area contributed by atoms with Crippen molar-refractivity contribution in [2.75, 3.05) is 18.6 Å². The maximum absolute atomic E-state index is 10.5. The van der Waals surface area contributed by atoms with Crippen LogP contribution < -0.4 is 4.90 Å². The Morgan fingerprint density at radius 3 is 2.60 bits per heavy atom. The van der Waals surface area contributed by atoms with Crippen LogP contribution in [0.2, 0.25) is 0 Å². The van der Waals surface area contributed by atoms with Gasteiger partial charge in [0.1, 0.15) is 6.61 Å². The maximum atomic E-state index is 10.5. The summed E-state index contributed by atoms with van der Waals surface area (Å²) in [6, 6.07) is 0. The fourth-order valence-electron chi connectivity index (χ4n) is 0.786. The Hall–Kier alpha value is -2.13. The molecule has 2 N–H and O–H groups in total. The molecule has 6 nitrogen and oxygen atoms in total. The molecule has 1 heterocycles. The highest BCUT2D eigenvalue weighted by atomic mass is 16.4. The van der Waals surface area contributed by atoms with Crippen molar-refractivity contribution in [2.45, 2.75) is 0 Å². The summed E-state index contributed by atoms with van der Waals surface area (Å²) in [5.41, 5.74) is 0.520. The topological polar surface area (TPSA) is 86.6 Å². The Morgan fingerprint density at radius 2 is 2.13 bits per heavy atom. The highest BCUT2D eigenvalue weighted by molar-refractivity contribution is 5.82. The molecule has 1 rings (SSSR count). The molecule has 0 aliphatic carbocycles. The number of anilines is 1. The zero-order chi connectivity index (χ0) is 11.3. The van der Waals surface area contributed by atoms with E-state index in [1.54, 1.807) is 0 Å². The van der Waals surface area contributed by atoms with Gasteiger partial charge in [0, 0.05) is 19.4 Å². The van der Waals surface area contributed by atoms with Crippen molar-refractivity contribution >= 4 is 12.0 Å². The van der Waals surface area contributed by atoms with Gasteiger partial charge in [-0.1, -0.05) is 11.8 Å². The molecule has 0 aliphatic heterocycles. The molecule has 0 spiro atoms. The lowest BCUT2D eigenvalue weighted by molar-refractivity contribution is 0.203. The molecule has 1 aromatic heterocycles. The Balaban J connectivity index is 2.85. The summed E-state index contributed by atoms with van der Waals surface area (Å²) in [6.45, 7) is -0.239. The Bertz CT molecular complexity index is 405. The summed E-state index contributed by atoms with van der Waals surface area (Å²) in [4.78, 5) is 19.0. The van der Waals surface area contributed by atoms with Crippen LogP contribution >= 0.6 is 0 Å². The van der Waals surface area contributed by atoms with Gasteiger partial charge in [-0.3, -0.25) is 0 Å². The van der Waals surface area contributed by atoms with Gasteiger partial charge >= 0.3 is 6.09 Å². The maximum Gasteiger partial charge on any atom is 0.413 e. The molecule has 15 heavy (non-hydrogen) atoms. The van der Waals surface area contributed by atoms with E-state index >= 15 is 0 Å². The van der Waals surface area contributed by atoms with Crippen LogP contribution in [0.15, 0.2) is 12.4 Å². The molecule has 1 aromatic rings. The SMILES string of the molecule is CN(C(=O)O)c1ncc(C#CCO)cn1. The van der Waals surface area contributed by atoms with Gasteiger partial charge in [0.05, 0.1) is 5.56 Å². The largest absolute Gasteiger partial charge is 0.465 e. The minimum atomic E-state index is -1.14. The molecule has 6 heteroatoms. The van der Waals surface area contributed by atoms with Crippen molar-refractivity contribution in [3.8, 4) is 11.8 Å². The van der Waals surface area contributed by atoms with Crippen molar-refractivity contribution in [1.29, 1.82) is 0 Å². The predicted octanol–water partition coefficient (Wildman–Crippen LogP) is -0.0654. The van der Waals surface area contributed by atoms with Gasteiger partial charge in [-0.05, 0) is 0 Å². The first-order valence-electron chi connectivity index (χ1n) is 4.03. The number of aromatic nitrogens is 2. The minimum Gasteiger partial charge on any atom is -0.465 e. The van der Waals surface area contributed by atoms with Crippen molar-refractivity contribution in [3.63, 3.8) is 0 Å². The van der Waals surface area contributed by atoms with E-state index in [0.29, 0.717) is 5.56 Å². The third-order valence-corrected chi connectivity index (χ3v) is 1.54. The van der Waals surface area contributed by atoms with Gasteiger partial charge in [0.15, 0.2) is 0 Å². The van der Waals surface area contributed by atoms with Crippen LogP contribution in [0.1, 0.15) is 5.56 Å². The van der Waals surface area contributed by atoms with Gasteiger partial charge in [0.2, 0.25) is 5.95 Å². The van der Waals surface area contributed by atoms with E-state index < -0.39 is 6.09 Å². The van der Waals surface area contributed by atoms with Gasteiger partial charge in [0.25, 0.3) is 0 Å². The summed E-state index contributed by atoms with van der Waals surface area (Å²) >= 11 is 0. The van der Waals surface area contributed by atoms with Crippen LogP contribution in [0.4, 0.5) is 10.7 Å². The van der Waals surface area contributed by atoms with Crippen LogP contribution in [-0.2, 0) is 0 Å². The van der Waals surface area contributed by atoms with E-state index in [9.17, 15) is 4.79 Å². The zero-order valence-electron chi connectivity index (χ0n) is 8.01. The molecular weight excluding hydrogens is 198 g/mol. The monoisotopic (exact) mass is 207 g/mol. The highest BCUT2D eigenvalue weighted by Gasteiger charge is 2.10. The number of amides is 1. The molecule has 0 unspecified atom stereocenters. The number of rotatable bonds is 1. The molecule has 1 amide bonds. The second kappa shape index (κ2) is 4.93. The number of carbonyl (C=O) groups is 1. The Morgan fingerprint density at radius 1 is 1.53 bits per heavy atom. The summed E-state index contributed by atoms with van der Waals surface area (Å²) in [5.74, 6) is 5.11. The van der Waals surface area contributed by atoms with Gasteiger partial charge in [-0.2, -0.15) is 0 Å². The number of nitrogens with zero attached hydrogens (tertiary/aromatic N) is 3. The molecule has 0 saturated carbocycles. The summed E-state index contributed by atoms with van der Waals surface area (Å²) in [5, 5.41) is 17.1. The second-order valence-electron chi connectivity index (χ2n) is 2.57. The van der Waals surface area contributed by atoms with Crippen LogP contribution in [0.25, 0.3) is 0 Å². The van der Waals surface area contributed by atoms with Crippen molar-refractivity contribution in [3.05, 3.63) is 18.0 Å².